The predicted octanol–water partition coefficient (Wildman–Crippen LogP) is 1.69. The summed E-state index contributed by atoms with van der Waals surface area (Å²) in [6.07, 6.45) is -0.108. The van der Waals surface area contributed by atoms with Crippen LogP contribution in [0.3, 0.4) is 0 Å². The van der Waals surface area contributed by atoms with Crippen LogP contribution in [-0.2, 0) is 36.2 Å². The lowest BCUT2D eigenvalue weighted by Crippen LogP contribution is -2.47. The van der Waals surface area contributed by atoms with Crippen LogP contribution in [0, 0.1) is 5.82 Å². The van der Waals surface area contributed by atoms with Gasteiger partial charge < -0.3 is 26.0 Å². The number of carbonyl (C=O) groups is 2. The summed E-state index contributed by atoms with van der Waals surface area (Å²) < 4.78 is 40.4. The Morgan fingerprint density at radius 3 is 2.15 bits per heavy atom. The van der Waals surface area contributed by atoms with Crippen molar-refractivity contribution in [3.63, 3.8) is 0 Å². The van der Waals surface area contributed by atoms with Gasteiger partial charge in [0.2, 0.25) is 10.0 Å². The first kappa shape index (κ1) is 35.2. The molecule has 0 aliphatic rings. The van der Waals surface area contributed by atoms with E-state index in [1.54, 1.807) is 19.1 Å². The van der Waals surface area contributed by atoms with Crippen LogP contribution in [-0.4, -0.2) is 76.0 Å². The fraction of sp³-hybridized carbons (Fsp3) is 0.312. The van der Waals surface area contributed by atoms with Crippen LogP contribution in [0.25, 0.3) is 0 Å². The number of nitrogens with one attached hydrogen (secondary N) is 2. The normalized spacial score (nSPS) is 13.4. The van der Waals surface area contributed by atoms with Gasteiger partial charge in [-0.05, 0) is 54.8 Å². The first-order valence-electron chi connectivity index (χ1n) is 14.6. The highest BCUT2D eigenvalue weighted by Gasteiger charge is 2.27. The summed E-state index contributed by atoms with van der Waals surface area (Å²) in [6, 6.07) is 17.1. The molecule has 0 aliphatic heterocycles. The van der Waals surface area contributed by atoms with Crippen LogP contribution in [0.1, 0.15) is 56.2 Å². The van der Waals surface area contributed by atoms with E-state index in [1.807, 2.05) is 18.2 Å². The molecule has 4 aromatic rings. The third kappa shape index (κ3) is 8.98. The van der Waals surface area contributed by atoms with Crippen LogP contribution >= 0.6 is 0 Å². The molecule has 0 saturated heterocycles. The number of amides is 2. The first-order valence-corrected chi connectivity index (χ1v) is 16.5. The van der Waals surface area contributed by atoms with E-state index in [-0.39, 0.29) is 41.2 Å². The molecule has 1 heterocycles. The summed E-state index contributed by atoms with van der Waals surface area (Å²) in [6.45, 7) is 0.553. The second kappa shape index (κ2) is 15.3. The number of hydrogen-bond acceptors (Lipinski definition) is 9. The molecular weight excluding hydrogens is 631 g/mol. The third-order valence-corrected chi connectivity index (χ3v) is 8.88. The molecule has 250 valence electrons. The number of halogens is 1. The van der Waals surface area contributed by atoms with Gasteiger partial charge in [0, 0.05) is 18.2 Å². The lowest BCUT2D eigenvalue weighted by molar-refractivity contribution is 0.0770. The van der Waals surface area contributed by atoms with E-state index in [0.29, 0.717) is 5.56 Å². The number of benzene rings is 3. The highest BCUT2D eigenvalue weighted by atomic mass is 32.2. The number of rotatable bonds is 14. The molecule has 0 unspecified atom stereocenters. The summed E-state index contributed by atoms with van der Waals surface area (Å²) >= 11 is 0. The molecule has 5 N–H and O–H groups in total. The van der Waals surface area contributed by atoms with Gasteiger partial charge in [-0.15, -0.1) is 5.10 Å². The number of aliphatic hydroxyl groups excluding tert-OH is 3. The fourth-order valence-electron chi connectivity index (χ4n) is 4.88. The molecule has 0 aliphatic carbocycles. The molecule has 0 bridgehead atoms. The lowest BCUT2D eigenvalue weighted by atomic mass is 10.00. The molecule has 15 heteroatoms. The molecule has 0 fully saturated rings. The van der Waals surface area contributed by atoms with Gasteiger partial charge in [-0.1, -0.05) is 47.7 Å². The molecule has 3 atom stereocenters. The highest BCUT2D eigenvalue weighted by Crippen LogP contribution is 2.23. The summed E-state index contributed by atoms with van der Waals surface area (Å²) in [5.74, 6) is -1.74. The molecule has 0 radical (unpaired) electrons. The van der Waals surface area contributed by atoms with Crippen molar-refractivity contribution in [3.8, 4) is 0 Å². The van der Waals surface area contributed by atoms with Crippen molar-refractivity contribution in [3.05, 3.63) is 112 Å². The minimum Gasteiger partial charge on any atom is -0.390 e. The summed E-state index contributed by atoms with van der Waals surface area (Å²) in [7, 11) is -2.50. The molecule has 0 spiro atoms. The van der Waals surface area contributed by atoms with E-state index < -0.39 is 59.1 Å². The zero-order valence-electron chi connectivity index (χ0n) is 26.0. The molecule has 13 nitrogen and oxygen atoms in total. The summed E-state index contributed by atoms with van der Waals surface area (Å²) in [5.41, 5.74) is 1.75. The van der Waals surface area contributed by atoms with Gasteiger partial charge in [0.25, 0.3) is 11.8 Å². The van der Waals surface area contributed by atoms with Gasteiger partial charge in [-0.25, -0.2) is 17.5 Å². The van der Waals surface area contributed by atoms with Gasteiger partial charge in [-0.2, -0.15) is 0 Å². The lowest BCUT2D eigenvalue weighted by Gasteiger charge is -2.25. The molecule has 4 rings (SSSR count). The first-order chi connectivity index (χ1) is 22.3. The minimum atomic E-state index is -3.79. The van der Waals surface area contributed by atoms with Crippen molar-refractivity contribution in [2.75, 3.05) is 17.6 Å². The summed E-state index contributed by atoms with van der Waals surface area (Å²) in [4.78, 5) is 27.2. The number of anilines is 1. The Morgan fingerprint density at radius 2 is 1.57 bits per heavy atom. The number of hydrogen-bond donors (Lipinski definition) is 5. The zero-order chi connectivity index (χ0) is 34.3. The number of sulfonamides is 1. The highest BCUT2D eigenvalue weighted by molar-refractivity contribution is 7.92. The number of nitrogens with zero attached hydrogens (tertiary/aromatic N) is 4. The monoisotopic (exact) mass is 668 g/mol. The standard InChI is InChI=1S/C32H37FN6O7S/c1-20(22-9-11-25(33)12-10-22)34-31(43)23-14-24(16-26(15-23)38(2)47(3,45)46)32(44)35-27(13-21-7-5-4-6-8-21)30(42)17-39-29(19-41)28(18-40)36-37-39/h4-12,14-16,20,27,30,40-42H,13,17-19H2,1-3H3,(H,34,43)(H,35,44)/t20-,27+,30+/m1/s1. The Bertz CT molecular complexity index is 1800. The van der Waals surface area contributed by atoms with Crippen molar-refractivity contribution in [2.45, 2.75) is 51.3 Å². The fourth-order valence-corrected chi connectivity index (χ4v) is 5.37. The number of aromatic nitrogens is 3. The second-order valence-electron chi connectivity index (χ2n) is 11.1. The maximum Gasteiger partial charge on any atom is 0.251 e. The third-order valence-electron chi connectivity index (χ3n) is 7.68. The zero-order valence-corrected chi connectivity index (χ0v) is 26.9. The molecule has 3 aromatic carbocycles. The van der Waals surface area contributed by atoms with Crippen molar-refractivity contribution < 1.29 is 37.7 Å². The Morgan fingerprint density at radius 1 is 0.957 bits per heavy atom. The quantitative estimate of drug-likeness (QED) is 0.133. The van der Waals surface area contributed by atoms with Gasteiger partial charge in [-0.3, -0.25) is 13.9 Å². The minimum absolute atomic E-state index is 0.0102. The van der Waals surface area contributed by atoms with Crippen molar-refractivity contribution in [1.82, 2.24) is 25.6 Å². The van der Waals surface area contributed by atoms with E-state index in [1.165, 1.54) is 54.2 Å². The Balaban J connectivity index is 1.66. The van der Waals surface area contributed by atoms with Gasteiger partial charge in [0.1, 0.15) is 11.5 Å². The SMILES string of the molecule is C[C@@H](NC(=O)c1cc(C(=O)N[C@@H](Cc2ccccc2)[C@@H](O)Cn2nnc(CO)c2CO)cc(N(C)S(C)(=O)=O)c1)c1ccc(F)cc1. The summed E-state index contributed by atoms with van der Waals surface area (Å²) in [5, 5.41) is 43.9. The van der Waals surface area contributed by atoms with Gasteiger partial charge in [0.15, 0.2) is 0 Å². The van der Waals surface area contributed by atoms with E-state index in [9.17, 15) is 37.7 Å². The predicted molar refractivity (Wildman–Crippen MR) is 171 cm³/mol. The molecular formula is C32H37FN6O7S. The smallest absolute Gasteiger partial charge is 0.251 e. The van der Waals surface area contributed by atoms with E-state index in [2.05, 4.69) is 20.9 Å². The Hall–Kier alpha value is -4.70. The average Bonchev–Trinajstić information content (AvgIpc) is 3.45. The van der Waals surface area contributed by atoms with E-state index in [0.717, 1.165) is 16.1 Å². The van der Waals surface area contributed by atoms with Crippen LogP contribution in [0.4, 0.5) is 10.1 Å². The molecule has 47 heavy (non-hydrogen) atoms. The van der Waals surface area contributed by atoms with Crippen LogP contribution in [0.5, 0.6) is 0 Å². The molecule has 1 aromatic heterocycles. The van der Waals surface area contributed by atoms with Gasteiger partial charge >= 0.3 is 0 Å². The average molecular weight is 669 g/mol. The molecule has 2 amide bonds. The van der Waals surface area contributed by atoms with E-state index in [4.69, 9.17) is 0 Å². The maximum atomic E-state index is 13.8. The Kier molecular flexibility index (Phi) is 11.4. The Labute approximate surface area is 271 Å². The van der Waals surface area contributed by atoms with E-state index >= 15 is 0 Å². The second-order valence-corrected chi connectivity index (χ2v) is 13.1. The van der Waals surface area contributed by atoms with Crippen LogP contribution in [0.2, 0.25) is 0 Å². The number of carbonyl (C=O) groups excluding carboxylic acids is 2. The van der Waals surface area contributed by atoms with Crippen molar-refractivity contribution in [1.29, 1.82) is 0 Å². The maximum absolute atomic E-state index is 13.8. The van der Waals surface area contributed by atoms with Crippen molar-refractivity contribution in [2.24, 2.45) is 0 Å². The van der Waals surface area contributed by atoms with Gasteiger partial charge in [0.05, 0.1) is 55.6 Å². The van der Waals surface area contributed by atoms with Crippen LogP contribution < -0.4 is 14.9 Å². The van der Waals surface area contributed by atoms with Crippen LogP contribution in [0.15, 0.2) is 72.8 Å². The largest absolute Gasteiger partial charge is 0.390 e. The number of aliphatic hydroxyl groups is 3. The van der Waals surface area contributed by atoms with Crippen molar-refractivity contribution >= 4 is 27.5 Å². The topological polar surface area (TPSA) is 187 Å². The molecule has 0 saturated carbocycles.